The van der Waals surface area contributed by atoms with Crippen LogP contribution in [0, 0.1) is 0 Å². The highest BCUT2D eigenvalue weighted by atomic mass is 79.9. The number of hydrogen-bond acceptors (Lipinski definition) is 3. The highest BCUT2D eigenvalue weighted by Crippen LogP contribution is 2.39. The highest BCUT2D eigenvalue weighted by Gasteiger charge is 2.30. The Morgan fingerprint density at radius 3 is 2.90 bits per heavy atom. The first-order valence-electron chi connectivity index (χ1n) is 7.21. The lowest BCUT2D eigenvalue weighted by atomic mass is 9.81. The summed E-state index contributed by atoms with van der Waals surface area (Å²) in [7, 11) is 0. The van der Waals surface area contributed by atoms with E-state index in [1.54, 1.807) is 6.20 Å². The molecule has 1 fully saturated rings. The SMILES string of the molecule is CCOC(=O)c1cnn(-c2cccc(Br)c2)c1C1CCC1. The fourth-order valence-corrected chi connectivity index (χ4v) is 3.00. The average Bonchev–Trinajstić information content (AvgIpc) is 2.81. The van der Waals surface area contributed by atoms with Crippen LogP contribution in [0.1, 0.15) is 48.2 Å². The molecule has 0 unspecified atom stereocenters. The quantitative estimate of drug-likeness (QED) is 0.782. The Bertz CT molecular complexity index is 662. The first-order chi connectivity index (χ1) is 10.2. The van der Waals surface area contributed by atoms with Crippen LogP contribution in [-0.4, -0.2) is 22.4 Å². The number of rotatable bonds is 4. The molecule has 110 valence electrons. The summed E-state index contributed by atoms with van der Waals surface area (Å²) in [6.07, 6.45) is 5.04. The molecule has 21 heavy (non-hydrogen) atoms. The van der Waals surface area contributed by atoms with E-state index in [2.05, 4.69) is 21.0 Å². The molecule has 1 aromatic carbocycles. The summed E-state index contributed by atoms with van der Waals surface area (Å²) < 4.78 is 8.03. The molecular weight excluding hydrogens is 332 g/mol. The van der Waals surface area contributed by atoms with Gasteiger partial charge < -0.3 is 4.74 Å². The number of carbonyl (C=O) groups excluding carboxylic acids is 1. The van der Waals surface area contributed by atoms with Gasteiger partial charge in [0.2, 0.25) is 0 Å². The van der Waals surface area contributed by atoms with Crippen LogP contribution < -0.4 is 0 Å². The molecule has 1 heterocycles. The fourth-order valence-electron chi connectivity index (χ4n) is 2.61. The lowest BCUT2D eigenvalue weighted by Gasteiger charge is -2.27. The number of esters is 1. The number of aromatic nitrogens is 2. The van der Waals surface area contributed by atoms with Crippen LogP contribution in [0.25, 0.3) is 5.69 Å². The van der Waals surface area contributed by atoms with Gasteiger partial charge in [0, 0.05) is 10.4 Å². The van der Waals surface area contributed by atoms with Crippen LogP contribution in [0.2, 0.25) is 0 Å². The molecule has 3 rings (SSSR count). The van der Waals surface area contributed by atoms with Crippen molar-refractivity contribution in [1.82, 2.24) is 9.78 Å². The Balaban J connectivity index is 2.06. The lowest BCUT2D eigenvalue weighted by molar-refractivity contribution is 0.0523. The molecule has 0 radical (unpaired) electrons. The van der Waals surface area contributed by atoms with E-state index in [-0.39, 0.29) is 5.97 Å². The maximum absolute atomic E-state index is 12.1. The van der Waals surface area contributed by atoms with E-state index in [1.807, 2.05) is 35.9 Å². The Kier molecular flexibility index (Phi) is 4.10. The Morgan fingerprint density at radius 1 is 1.48 bits per heavy atom. The van der Waals surface area contributed by atoms with Crippen molar-refractivity contribution in [1.29, 1.82) is 0 Å². The van der Waals surface area contributed by atoms with E-state index in [9.17, 15) is 4.79 Å². The molecule has 0 atom stereocenters. The molecule has 5 heteroatoms. The van der Waals surface area contributed by atoms with Crippen LogP contribution in [0.3, 0.4) is 0 Å². The van der Waals surface area contributed by atoms with Crippen molar-refractivity contribution in [2.75, 3.05) is 6.61 Å². The van der Waals surface area contributed by atoms with Gasteiger partial charge in [-0.15, -0.1) is 0 Å². The maximum Gasteiger partial charge on any atom is 0.341 e. The Labute approximate surface area is 132 Å². The number of carbonyl (C=O) groups is 1. The van der Waals surface area contributed by atoms with Crippen LogP contribution >= 0.6 is 15.9 Å². The maximum atomic E-state index is 12.1. The van der Waals surface area contributed by atoms with Crippen LogP contribution in [0.5, 0.6) is 0 Å². The number of benzene rings is 1. The largest absolute Gasteiger partial charge is 0.462 e. The first-order valence-corrected chi connectivity index (χ1v) is 8.01. The second-order valence-corrected chi connectivity index (χ2v) is 6.10. The smallest absolute Gasteiger partial charge is 0.341 e. The van der Waals surface area contributed by atoms with E-state index in [0.29, 0.717) is 18.1 Å². The molecule has 0 aliphatic heterocycles. The lowest BCUT2D eigenvalue weighted by Crippen LogP contribution is -2.18. The molecule has 1 aliphatic rings. The zero-order chi connectivity index (χ0) is 14.8. The molecular formula is C16H17BrN2O2. The van der Waals surface area contributed by atoms with Gasteiger partial charge in [0.1, 0.15) is 5.56 Å². The fraction of sp³-hybridized carbons (Fsp3) is 0.375. The molecule has 1 aromatic heterocycles. The van der Waals surface area contributed by atoms with Crippen molar-refractivity contribution < 1.29 is 9.53 Å². The normalized spacial score (nSPS) is 14.8. The van der Waals surface area contributed by atoms with Crippen molar-refractivity contribution in [2.45, 2.75) is 32.1 Å². The number of ether oxygens (including phenoxy) is 1. The summed E-state index contributed by atoms with van der Waals surface area (Å²) in [4.78, 5) is 12.1. The van der Waals surface area contributed by atoms with Crippen molar-refractivity contribution in [2.24, 2.45) is 0 Å². The Hall–Kier alpha value is -1.62. The molecule has 1 saturated carbocycles. The van der Waals surface area contributed by atoms with Crippen molar-refractivity contribution in [3.05, 3.63) is 46.2 Å². The first kappa shape index (κ1) is 14.3. The van der Waals surface area contributed by atoms with Gasteiger partial charge in [-0.05, 0) is 38.0 Å². The third-order valence-corrected chi connectivity index (χ3v) is 4.34. The summed E-state index contributed by atoms with van der Waals surface area (Å²) in [5.74, 6) is 0.117. The van der Waals surface area contributed by atoms with Gasteiger partial charge in [0.15, 0.2) is 0 Å². The van der Waals surface area contributed by atoms with E-state index in [0.717, 1.165) is 28.7 Å². The summed E-state index contributed by atoms with van der Waals surface area (Å²) in [5.41, 5.74) is 2.54. The van der Waals surface area contributed by atoms with Crippen LogP contribution in [0.15, 0.2) is 34.9 Å². The van der Waals surface area contributed by atoms with Gasteiger partial charge in [0.05, 0.1) is 24.2 Å². The predicted molar refractivity (Wildman–Crippen MR) is 83.8 cm³/mol. The van der Waals surface area contributed by atoms with Gasteiger partial charge in [-0.2, -0.15) is 5.10 Å². The predicted octanol–water partition coefficient (Wildman–Crippen LogP) is 4.08. The van der Waals surface area contributed by atoms with Gasteiger partial charge >= 0.3 is 5.97 Å². The number of nitrogens with zero attached hydrogens (tertiary/aromatic N) is 2. The zero-order valence-corrected chi connectivity index (χ0v) is 13.5. The van der Waals surface area contributed by atoms with E-state index in [4.69, 9.17) is 4.74 Å². The molecule has 0 amide bonds. The highest BCUT2D eigenvalue weighted by molar-refractivity contribution is 9.10. The molecule has 4 nitrogen and oxygen atoms in total. The van der Waals surface area contributed by atoms with Crippen molar-refractivity contribution >= 4 is 21.9 Å². The summed E-state index contributed by atoms with van der Waals surface area (Å²) in [5, 5.41) is 4.43. The van der Waals surface area contributed by atoms with E-state index < -0.39 is 0 Å². The third-order valence-electron chi connectivity index (χ3n) is 3.85. The van der Waals surface area contributed by atoms with E-state index in [1.165, 1.54) is 6.42 Å². The zero-order valence-electron chi connectivity index (χ0n) is 11.9. The standard InChI is InChI=1S/C16H17BrN2O2/c1-2-21-16(20)14-10-18-19(15(14)11-5-3-6-11)13-8-4-7-12(17)9-13/h4,7-11H,2-3,5-6H2,1H3. The minimum Gasteiger partial charge on any atom is -0.462 e. The third kappa shape index (κ3) is 2.75. The second kappa shape index (κ2) is 6.02. The molecule has 0 saturated heterocycles. The second-order valence-electron chi connectivity index (χ2n) is 5.18. The Morgan fingerprint density at radius 2 is 2.29 bits per heavy atom. The summed E-state index contributed by atoms with van der Waals surface area (Å²) >= 11 is 3.48. The summed E-state index contributed by atoms with van der Waals surface area (Å²) in [6, 6.07) is 7.94. The van der Waals surface area contributed by atoms with E-state index >= 15 is 0 Å². The molecule has 0 N–H and O–H groups in total. The van der Waals surface area contributed by atoms with Crippen molar-refractivity contribution in [3.8, 4) is 5.69 Å². The average molecular weight is 349 g/mol. The topological polar surface area (TPSA) is 44.1 Å². The minimum atomic E-state index is -0.277. The monoisotopic (exact) mass is 348 g/mol. The molecule has 0 spiro atoms. The van der Waals surface area contributed by atoms with Gasteiger partial charge in [-0.1, -0.05) is 28.4 Å². The van der Waals surface area contributed by atoms with Crippen LogP contribution in [0.4, 0.5) is 0 Å². The molecule has 0 bridgehead atoms. The number of hydrogen-bond donors (Lipinski definition) is 0. The van der Waals surface area contributed by atoms with Gasteiger partial charge in [-0.25, -0.2) is 9.48 Å². The number of halogens is 1. The van der Waals surface area contributed by atoms with Crippen molar-refractivity contribution in [3.63, 3.8) is 0 Å². The minimum absolute atomic E-state index is 0.277. The molecule has 2 aromatic rings. The van der Waals surface area contributed by atoms with Gasteiger partial charge in [0.25, 0.3) is 0 Å². The summed E-state index contributed by atoms with van der Waals surface area (Å²) in [6.45, 7) is 2.20. The van der Waals surface area contributed by atoms with Gasteiger partial charge in [-0.3, -0.25) is 0 Å². The van der Waals surface area contributed by atoms with Crippen LogP contribution in [-0.2, 0) is 4.74 Å². The molecule has 1 aliphatic carbocycles.